The van der Waals surface area contributed by atoms with Crippen LogP contribution in [0.25, 0.3) is 10.2 Å². The van der Waals surface area contributed by atoms with E-state index in [1.807, 2.05) is 24.0 Å². The van der Waals surface area contributed by atoms with Crippen molar-refractivity contribution >= 4 is 33.3 Å². The minimum atomic E-state index is 0. The van der Waals surface area contributed by atoms with E-state index in [1.54, 1.807) is 11.3 Å². The molecule has 2 heterocycles. The first-order valence-electron chi connectivity index (χ1n) is 3.87. The summed E-state index contributed by atoms with van der Waals surface area (Å²) in [7, 11) is 0. The molecule has 5 heteroatoms. The van der Waals surface area contributed by atoms with Crippen LogP contribution in [0.1, 0.15) is 6.92 Å². The molecule has 78 valence electrons. The highest BCUT2D eigenvalue weighted by atomic mass is 32.2. The predicted molar refractivity (Wildman–Crippen MR) is 63.2 cm³/mol. The van der Waals surface area contributed by atoms with Gasteiger partial charge in [-0.25, -0.2) is 4.98 Å². The standard InChI is InChI=1S/C9H9NS2.2H2O/c1-2-11-8-6-7-4-3-5-10-9(7)12-8;;/h3-6H,2H2,1H3;2*1H2. The fraction of sp³-hybridized carbons (Fsp3) is 0.222. The van der Waals surface area contributed by atoms with Crippen molar-refractivity contribution in [1.29, 1.82) is 0 Å². The molecule has 0 aliphatic carbocycles. The Labute approximate surface area is 90.8 Å². The van der Waals surface area contributed by atoms with Gasteiger partial charge in [-0.1, -0.05) is 13.0 Å². The van der Waals surface area contributed by atoms with Crippen molar-refractivity contribution in [3.63, 3.8) is 0 Å². The van der Waals surface area contributed by atoms with Crippen LogP contribution in [0.2, 0.25) is 0 Å². The van der Waals surface area contributed by atoms with E-state index in [4.69, 9.17) is 0 Å². The SMILES string of the molecule is CCSc1cc2cccnc2s1.O.O. The molecule has 0 fully saturated rings. The van der Waals surface area contributed by atoms with Crippen LogP contribution in [0.5, 0.6) is 0 Å². The van der Waals surface area contributed by atoms with Crippen LogP contribution in [-0.2, 0) is 0 Å². The fourth-order valence-electron chi connectivity index (χ4n) is 1.06. The summed E-state index contributed by atoms with van der Waals surface area (Å²) in [5.41, 5.74) is 0. The lowest BCUT2D eigenvalue weighted by molar-refractivity contribution is 0.823. The lowest BCUT2D eigenvalue weighted by atomic mass is 10.4. The summed E-state index contributed by atoms with van der Waals surface area (Å²) in [5.74, 6) is 1.13. The number of pyridine rings is 1. The number of nitrogens with zero attached hydrogens (tertiary/aromatic N) is 1. The van der Waals surface area contributed by atoms with Crippen molar-refractivity contribution in [3.8, 4) is 0 Å². The van der Waals surface area contributed by atoms with Crippen LogP contribution >= 0.6 is 23.1 Å². The van der Waals surface area contributed by atoms with Gasteiger partial charge in [0, 0.05) is 11.6 Å². The van der Waals surface area contributed by atoms with Crippen LogP contribution < -0.4 is 0 Å². The normalized spacial score (nSPS) is 9.21. The summed E-state index contributed by atoms with van der Waals surface area (Å²) in [6, 6.07) is 6.30. The monoisotopic (exact) mass is 231 g/mol. The van der Waals surface area contributed by atoms with E-state index in [9.17, 15) is 0 Å². The second-order valence-corrected chi connectivity index (χ2v) is 4.99. The summed E-state index contributed by atoms with van der Waals surface area (Å²) in [6.45, 7) is 2.17. The predicted octanol–water partition coefficient (Wildman–Crippen LogP) is 1.76. The maximum absolute atomic E-state index is 4.29. The summed E-state index contributed by atoms with van der Waals surface area (Å²) in [4.78, 5) is 5.44. The zero-order valence-corrected chi connectivity index (χ0v) is 9.41. The molecule has 0 amide bonds. The summed E-state index contributed by atoms with van der Waals surface area (Å²) in [6.07, 6.45) is 1.85. The number of fused-ring (bicyclic) bond motifs is 1. The van der Waals surface area contributed by atoms with Gasteiger partial charge in [0.1, 0.15) is 4.83 Å². The topological polar surface area (TPSA) is 75.9 Å². The van der Waals surface area contributed by atoms with Crippen LogP contribution in [0.15, 0.2) is 28.6 Å². The number of rotatable bonds is 2. The molecule has 0 spiro atoms. The maximum atomic E-state index is 4.29. The molecule has 0 aromatic carbocycles. The van der Waals surface area contributed by atoms with Gasteiger partial charge in [-0.05, 0) is 17.9 Å². The van der Waals surface area contributed by atoms with Gasteiger partial charge in [-0.15, -0.1) is 23.1 Å². The zero-order valence-electron chi connectivity index (χ0n) is 7.78. The number of aromatic nitrogens is 1. The molecule has 0 bridgehead atoms. The van der Waals surface area contributed by atoms with E-state index in [0.29, 0.717) is 0 Å². The second-order valence-electron chi connectivity index (χ2n) is 2.40. The van der Waals surface area contributed by atoms with Crippen LogP contribution in [0.3, 0.4) is 0 Å². The largest absolute Gasteiger partial charge is 0.412 e. The van der Waals surface area contributed by atoms with E-state index in [2.05, 4.69) is 24.0 Å². The summed E-state index contributed by atoms with van der Waals surface area (Å²) < 4.78 is 1.37. The van der Waals surface area contributed by atoms with Crippen molar-refractivity contribution in [2.45, 2.75) is 11.1 Å². The molecule has 2 aromatic rings. The quantitative estimate of drug-likeness (QED) is 0.738. The minimum Gasteiger partial charge on any atom is -0.412 e. The third-order valence-corrected chi connectivity index (χ3v) is 3.71. The first kappa shape index (κ1) is 13.4. The summed E-state index contributed by atoms with van der Waals surface area (Å²) in [5, 5.41) is 1.26. The molecular formula is C9H13NO2S2. The van der Waals surface area contributed by atoms with Gasteiger partial charge < -0.3 is 11.0 Å². The van der Waals surface area contributed by atoms with E-state index >= 15 is 0 Å². The van der Waals surface area contributed by atoms with Crippen LogP contribution in [-0.4, -0.2) is 21.7 Å². The first-order valence-corrected chi connectivity index (χ1v) is 5.67. The molecule has 0 aliphatic rings. The average molecular weight is 231 g/mol. The minimum absolute atomic E-state index is 0. The molecule has 0 saturated carbocycles. The highest BCUT2D eigenvalue weighted by molar-refractivity contribution is 8.01. The van der Waals surface area contributed by atoms with E-state index in [1.165, 1.54) is 9.60 Å². The van der Waals surface area contributed by atoms with Crippen molar-refractivity contribution < 1.29 is 11.0 Å². The number of hydrogen-bond acceptors (Lipinski definition) is 3. The Morgan fingerprint density at radius 1 is 1.43 bits per heavy atom. The van der Waals surface area contributed by atoms with E-state index in [-0.39, 0.29) is 11.0 Å². The van der Waals surface area contributed by atoms with Crippen LogP contribution in [0, 0.1) is 0 Å². The van der Waals surface area contributed by atoms with Gasteiger partial charge in [0.2, 0.25) is 0 Å². The molecule has 2 aromatic heterocycles. The van der Waals surface area contributed by atoms with Gasteiger partial charge in [0.15, 0.2) is 0 Å². The maximum Gasteiger partial charge on any atom is 0.124 e. The van der Waals surface area contributed by atoms with Crippen molar-refractivity contribution in [1.82, 2.24) is 4.98 Å². The molecular weight excluding hydrogens is 218 g/mol. The van der Waals surface area contributed by atoms with Crippen LogP contribution in [0.4, 0.5) is 0 Å². The van der Waals surface area contributed by atoms with Gasteiger partial charge in [-0.2, -0.15) is 0 Å². The third-order valence-electron chi connectivity index (χ3n) is 1.56. The van der Waals surface area contributed by atoms with Crippen molar-refractivity contribution in [2.24, 2.45) is 0 Å². The molecule has 0 saturated heterocycles. The average Bonchev–Trinajstić information content (AvgIpc) is 2.47. The number of thiophene rings is 1. The molecule has 0 aliphatic heterocycles. The Balaban J connectivity index is 0.000000845. The zero-order chi connectivity index (χ0) is 8.39. The molecule has 4 N–H and O–H groups in total. The molecule has 0 atom stereocenters. The Bertz CT molecular complexity index is 356. The molecule has 14 heavy (non-hydrogen) atoms. The van der Waals surface area contributed by atoms with Crippen molar-refractivity contribution in [3.05, 3.63) is 24.4 Å². The van der Waals surface area contributed by atoms with Gasteiger partial charge >= 0.3 is 0 Å². The lowest BCUT2D eigenvalue weighted by Gasteiger charge is -1.86. The smallest absolute Gasteiger partial charge is 0.124 e. The van der Waals surface area contributed by atoms with E-state index < -0.39 is 0 Å². The Kier molecular flexibility index (Phi) is 5.71. The third kappa shape index (κ3) is 2.68. The fourth-order valence-corrected chi connectivity index (χ4v) is 3.12. The van der Waals surface area contributed by atoms with Gasteiger partial charge in [0.05, 0.1) is 4.21 Å². The highest BCUT2D eigenvalue weighted by Crippen LogP contribution is 2.30. The Hall–Kier alpha value is -0.620. The Morgan fingerprint density at radius 2 is 2.21 bits per heavy atom. The second kappa shape index (κ2) is 5.98. The summed E-state index contributed by atoms with van der Waals surface area (Å²) >= 11 is 3.65. The number of thioether (sulfide) groups is 1. The lowest BCUT2D eigenvalue weighted by Crippen LogP contribution is -1.65. The first-order chi connectivity index (χ1) is 5.90. The highest BCUT2D eigenvalue weighted by Gasteiger charge is 2.00. The van der Waals surface area contributed by atoms with Gasteiger partial charge in [-0.3, -0.25) is 0 Å². The molecule has 0 radical (unpaired) electrons. The number of hydrogen-bond donors (Lipinski definition) is 0. The molecule has 0 unspecified atom stereocenters. The van der Waals surface area contributed by atoms with E-state index in [0.717, 1.165) is 10.6 Å². The molecule has 3 nitrogen and oxygen atoms in total. The Morgan fingerprint density at radius 3 is 2.86 bits per heavy atom. The van der Waals surface area contributed by atoms with Gasteiger partial charge in [0.25, 0.3) is 0 Å². The molecule has 2 rings (SSSR count). The van der Waals surface area contributed by atoms with Crippen molar-refractivity contribution in [2.75, 3.05) is 5.75 Å².